The van der Waals surface area contributed by atoms with Gasteiger partial charge in [0.1, 0.15) is 11.5 Å². The summed E-state index contributed by atoms with van der Waals surface area (Å²) in [4.78, 5) is 17.2. The molecule has 150 valence electrons. The second-order valence-electron chi connectivity index (χ2n) is 7.03. The first-order valence-corrected chi connectivity index (χ1v) is 9.60. The predicted octanol–water partition coefficient (Wildman–Crippen LogP) is 5.32. The minimum atomic E-state index is -0.186. The van der Waals surface area contributed by atoms with Crippen LogP contribution < -0.4 is 10.1 Å². The van der Waals surface area contributed by atoms with Gasteiger partial charge < -0.3 is 14.8 Å². The molecule has 2 aromatic carbocycles. The van der Waals surface area contributed by atoms with Crippen LogP contribution in [0.3, 0.4) is 0 Å². The van der Waals surface area contributed by atoms with Crippen molar-refractivity contribution in [1.82, 2.24) is 4.98 Å². The van der Waals surface area contributed by atoms with Crippen LogP contribution in [-0.4, -0.2) is 24.1 Å². The number of hydrogen-bond donors (Lipinski definition) is 1. The van der Waals surface area contributed by atoms with Crippen molar-refractivity contribution in [2.24, 2.45) is 0 Å². The fraction of sp³-hybridized carbons (Fsp3) is 0.250. The number of rotatable bonds is 7. The molecule has 1 aromatic heterocycles. The van der Waals surface area contributed by atoms with Crippen molar-refractivity contribution in [2.75, 3.05) is 12.4 Å². The number of ether oxygens (including phenoxy) is 2. The van der Waals surface area contributed by atoms with Gasteiger partial charge in [0.25, 0.3) is 5.91 Å². The van der Waals surface area contributed by atoms with Crippen LogP contribution in [0.15, 0.2) is 60.7 Å². The van der Waals surface area contributed by atoms with Crippen LogP contribution in [0.25, 0.3) is 0 Å². The van der Waals surface area contributed by atoms with E-state index >= 15 is 0 Å². The molecule has 1 unspecified atom stereocenters. The van der Waals surface area contributed by atoms with Crippen LogP contribution in [0, 0.1) is 13.8 Å². The van der Waals surface area contributed by atoms with Gasteiger partial charge in [-0.1, -0.05) is 18.2 Å². The lowest BCUT2D eigenvalue weighted by Crippen LogP contribution is -2.16. The van der Waals surface area contributed by atoms with E-state index in [4.69, 9.17) is 9.47 Å². The zero-order chi connectivity index (χ0) is 20.8. The van der Waals surface area contributed by atoms with Gasteiger partial charge in [0, 0.05) is 24.9 Å². The Labute approximate surface area is 171 Å². The Morgan fingerprint density at radius 3 is 2.41 bits per heavy atom. The summed E-state index contributed by atoms with van der Waals surface area (Å²) >= 11 is 0. The second kappa shape index (κ2) is 9.34. The summed E-state index contributed by atoms with van der Waals surface area (Å²) in [5.41, 5.74) is 3.92. The number of pyridine rings is 1. The Hall–Kier alpha value is -3.18. The maximum absolute atomic E-state index is 12.6. The van der Waals surface area contributed by atoms with Gasteiger partial charge in [-0.15, -0.1) is 0 Å². The van der Waals surface area contributed by atoms with Crippen LogP contribution >= 0.6 is 0 Å². The van der Waals surface area contributed by atoms with E-state index in [-0.39, 0.29) is 12.0 Å². The van der Waals surface area contributed by atoms with Crippen LogP contribution in [0.5, 0.6) is 11.5 Å². The predicted molar refractivity (Wildman–Crippen MR) is 115 cm³/mol. The van der Waals surface area contributed by atoms with Crippen molar-refractivity contribution in [3.63, 3.8) is 0 Å². The lowest BCUT2D eigenvalue weighted by atomic mass is 10.1. The fourth-order valence-corrected chi connectivity index (χ4v) is 2.95. The van der Waals surface area contributed by atoms with Gasteiger partial charge in [-0.3, -0.25) is 9.78 Å². The molecule has 5 nitrogen and oxygen atoms in total. The zero-order valence-electron chi connectivity index (χ0n) is 17.2. The van der Waals surface area contributed by atoms with Crippen molar-refractivity contribution >= 4 is 11.6 Å². The molecule has 0 spiro atoms. The smallest absolute Gasteiger partial charge is 0.257 e. The summed E-state index contributed by atoms with van der Waals surface area (Å²) < 4.78 is 11.2. The molecule has 0 aliphatic rings. The Balaban J connectivity index is 1.65. The maximum Gasteiger partial charge on any atom is 0.257 e. The Morgan fingerprint density at radius 2 is 1.76 bits per heavy atom. The number of nitrogens with zero attached hydrogens (tertiary/aromatic N) is 1. The number of aryl methyl sites for hydroxylation is 2. The number of aromatic nitrogens is 1. The third-order valence-corrected chi connectivity index (χ3v) is 4.72. The van der Waals surface area contributed by atoms with Gasteiger partial charge in [-0.25, -0.2) is 0 Å². The molecule has 0 radical (unpaired) electrons. The van der Waals surface area contributed by atoms with E-state index < -0.39 is 0 Å². The molecule has 1 atom stereocenters. The van der Waals surface area contributed by atoms with E-state index in [0.29, 0.717) is 29.1 Å². The standard InChI is InChI=1S/C24H26N2O3/c1-16-7-5-6-8-23(16)29-21-12-9-19(10-13-21)26-24(27)22-14-11-20(25-18(22)3)15-17(2)28-4/h5-14,17H,15H2,1-4H3,(H,26,27). The van der Waals surface area contributed by atoms with Crippen LogP contribution in [-0.2, 0) is 11.2 Å². The number of carbonyl (C=O) groups excluding carboxylic acids is 1. The first kappa shape index (κ1) is 20.6. The number of carbonyl (C=O) groups is 1. The molecular weight excluding hydrogens is 364 g/mol. The first-order valence-electron chi connectivity index (χ1n) is 9.60. The van der Waals surface area contributed by atoms with Gasteiger partial charge in [0.2, 0.25) is 0 Å². The largest absolute Gasteiger partial charge is 0.457 e. The second-order valence-corrected chi connectivity index (χ2v) is 7.03. The maximum atomic E-state index is 12.6. The lowest BCUT2D eigenvalue weighted by molar-refractivity contribution is 0.102. The molecule has 0 fully saturated rings. The van der Waals surface area contributed by atoms with Crippen LogP contribution in [0.1, 0.15) is 34.2 Å². The highest BCUT2D eigenvalue weighted by molar-refractivity contribution is 6.05. The van der Waals surface area contributed by atoms with E-state index in [9.17, 15) is 4.79 Å². The third kappa shape index (κ3) is 5.42. The average Bonchev–Trinajstić information content (AvgIpc) is 2.71. The van der Waals surface area contributed by atoms with Crippen LogP contribution in [0.4, 0.5) is 5.69 Å². The summed E-state index contributed by atoms with van der Waals surface area (Å²) in [6.07, 6.45) is 0.795. The quantitative estimate of drug-likeness (QED) is 0.593. The van der Waals surface area contributed by atoms with Crippen molar-refractivity contribution < 1.29 is 14.3 Å². The zero-order valence-corrected chi connectivity index (χ0v) is 17.2. The summed E-state index contributed by atoms with van der Waals surface area (Å²) in [7, 11) is 1.68. The number of hydrogen-bond acceptors (Lipinski definition) is 4. The lowest BCUT2D eigenvalue weighted by Gasteiger charge is -2.12. The molecule has 3 rings (SSSR count). The summed E-state index contributed by atoms with van der Waals surface area (Å²) in [5.74, 6) is 1.34. The van der Waals surface area contributed by atoms with E-state index in [1.807, 2.05) is 81.4 Å². The fourth-order valence-electron chi connectivity index (χ4n) is 2.95. The Bertz CT molecular complexity index is 984. The highest BCUT2D eigenvalue weighted by Gasteiger charge is 2.12. The van der Waals surface area contributed by atoms with E-state index in [1.54, 1.807) is 7.11 Å². The number of amides is 1. The van der Waals surface area contributed by atoms with E-state index in [2.05, 4.69) is 10.3 Å². The molecule has 0 aliphatic heterocycles. The summed E-state index contributed by atoms with van der Waals surface area (Å²) in [6, 6.07) is 18.8. The van der Waals surface area contributed by atoms with E-state index in [1.165, 1.54) is 0 Å². The van der Waals surface area contributed by atoms with Crippen molar-refractivity contribution in [2.45, 2.75) is 33.3 Å². The average molecular weight is 390 g/mol. The number of nitrogens with one attached hydrogen (secondary N) is 1. The van der Waals surface area contributed by atoms with Gasteiger partial charge in [-0.05, 0) is 68.8 Å². The van der Waals surface area contributed by atoms with Crippen molar-refractivity contribution in [1.29, 1.82) is 0 Å². The van der Waals surface area contributed by atoms with Crippen molar-refractivity contribution in [3.8, 4) is 11.5 Å². The summed E-state index contributed by atoms with van der Waals surface area (Å²) in [5, 5.41) is 2.91. The van der Waals surface area contributed by atoms with E-state index in [0.717, 1.165) is 17.0 Å². The van der Waals surface area contributed by atoms with Gasteiger partial charge in [0.15, 0.2) is 0 Å². The molecule has 1 heterocycles. The molecule has 1 N–H and O–H groups in total. The number of para-hydroxylation sites is 1. The highest BCUT2D eigenvalue weighted by Crippen LogP contribution is 2.26. The van der Waals surface area contributed by atoms with Gasteiger partial charge in [0.05, 0.1) is 17.4 Å². The molecule has 29 heavy (non-hydrogen) atoms. The summed E-state index contributed by atoms with van der Waals surface area (Å²) in [6.45, 7) is 5.83. The minimum absolute atomic E-state index is 0.0852. The molecule has 0 bridgehead atoms. The van der Waals surface area contributed by atoms with Crippen molar-refractivity contribution in [3.05, 3.63) is 83.2 Å². The van der Waals surface area contributed by atoms with Gasteiger partial charge in [-0.2, -0.15) is 0 Å². The number of benzene rings is 2. The Kier molecular flexibility index (Phi) is 6.62. The molecule has 1 amide bonds. The topological polar surface area (TPSA) is 60.5 Å². The van der Waals surface area contributed by atoms with Crippen LogP contribution in [0.2, 0.25) is 0 Å². The Morgan fingerprint density at radius 1 is 1.03 bits per heavy atom. The van der Waals surface area contributed by atoms with Gasteiger partial charge >= 0.3 is 0 Å². The molecular formula is C24H26N2O3. The first-order chi connectivity index (χ1) is 14.0. The molecule has 0 saturated carbocycles. The monoisotopic (exact) mass is 390 g/mol. The molecule has 0 saturated heterocycles. The SMILES string of the molecule is COC(C)Cc1ccc(C(=O)Nc2ccc(Oc3ccccc3C)cc2)c(C)n1. The number of anilines is 1. The highest BCUT2D eigenvalue weighted by atomic mass is 16.5. The molecule has 0 aliphatic carbocycles. The third-order valence-electron chi connectivity index (χ3n) is 4.72. The number of methoxy groups -OCH3 is 1. The normalized spacial score (nSPS) is 11.7. The minimum Gasteiger partial charge on any atom is -0.457 e. The molecule has 5 heteroatoms. The molecule has 3 aromatic rings.